The van der Waals surface area contributed by atoms with Crippen molar-refractivity contribution >= 4 is 0 Å². The minimum Gasteiger partial charge on any atom is -0.255 e. The first-order valence-electron chi connectivity index (χ1n) is 13.2. The van der Waals surface area contributed by atoms with E-state index in [1.54, 1.807) is 37.2 Å². The molecule has 52 heavy (non-hydrogen) atoms. The number of aromatic nitrogens is 6. The first-order valence-corrected chi connectivity index (χ1v) is 16.9. The molecule has 0 aliphatic rings. The molecular formula is C30H24Cl3FeN6O12. The van der Waals surface area contributed by atoms with Gasteiger partial charge in [0.2, 0.25) is 0 Å². The third-order valence-electron chi connectivity index (χ3n) is 4.78. The van der Waals surface area contributed by atoms with Crippen LogP contribution in [0.5, 0.6) is 0 Å². The van der Waals surface area contributed by atoms with Gasteiger partial charge in [0, 0.05) is 37.2 Å². The molecule has 1 radical (unpaired) electrons. The van der Waals surface area contributed by atoms with Gasteiger partial charge in [-0.25, -0.2) is 55.9 Å². The molecule has 0 unspecified atom stereocenters. The zero-order valence-corrected chi connectivity index (χ0v) is 29.3. The van der Waals surface area contributed by atoms with Gasteiger partial charge in [0.05, 0.1) is 34.2 Å². The average molecular weight is 823 g/mol. The minimum absolute atomic E-state index is 0. The van der Waals surface area contributed by atoms with Crippen LogP contribution in [0.25, 0.3) is 34.2 Å². The summed E-state index contributed by atoms with van der Waals surface area (Å²) in [5, 5.41) is 0. The van der Waals surface area contributed by atoms with E-state index >= 15 is 0 Å². The van der Waals surface area contributed by atoms with E-state index in [0.717, 1.165) is 34.2 Å². The summed E-state index contributed by atoms with van der Waals surface area (Å²) in [5.74, 6) is 0. The first-order chi connectivity index (χ1) is 23.9. The van der Waals surface area contributed by atoms with E-state index in [0.29, 0.717) is 0 Å². The summed E-state index contributed by atoms with van der Waals surface area (Å²) in [5.41, 5.74) is 5.49. The van der Waals surface area contributed by atoms with E-state index < -0.39 is 30.7 Å². The average Bonchev–Trinajstić information content (AvgIpc) is 3.09. The number of hydrogen-bond donors (Lipinski definition) is 0. The number of halogens is 3. The molecule has 0 N–H and O–H groups in total. The molecule has 0 saturated heterocycles. The Kier molecular flexibility index (Phi) is 23.6. The van der Waals surface area contributed by atoms with Gasteiger partial charge < -0.3 is 0 Å². The summed E-state index contributed by atoms with van der Waals surface area (Å²) < 4.78 is 102. The van der Waals surface area contributed by atoms with Crippen LogP contribution in [0.3, 0.4) is 0 Å². The fourth-order valence-corrected chi connectivity index (χ4v) is 3.09. The minimum atomic E-state index is -4.94. The van der Waals surface area contributed by atoms with Gasteiger partial charge in [-0.05, 0) is 72.8 Å². The summed E-state index contributed by atoms with van der Waals surface area (Å²) in [6, 6.07) is 34.8. The largest absolute Gasteiger partial charge is 3.00 e. The maximum absolute atomic E-state index is 8.49. The summed E-state index contributed by atoms with van der Waals surface area (Å²) in [4.78, 5) is 25.1. The van der Waals surface area contributed by atoms with Crippen molar-refractivity contribution in [1.29, 1.82) is 0 Å². The number of hydrogen-bond acceptors (Lipinski definition) is 18. The fraction of sp³-hybridized carbons (Fsp3) is 0. The third kappa shape index (κ3) is 29.5. The standard InChI is InChI=1S/3C10H8N2.3ClHO4.Fe/c3*1-3-7-11-9(5-1)10-6-2-4-8-12-10;3*2-1(3,4)5;/h3*1-8H;3*(H,2,3,4,5);/q;;;;;;+3/p-3. The summed E-state index contributed by atoms with van der Waals surface area (Å²) in [7, 11) is -14.8. The van der Waals surface area contributed by atoms with Crippen LogP contribution < -0.4 is 55.9 Å². The zero-order valence-electron chi connectivity index (χ0n) is 25.9. The van der Waals surface area contributed by atoms with Crippen LogP contribution in [0.1, 0.15) is 0 Å². The van der Waals surface area contributed by atoms with Crippen LogP contribution in [-0.4, -0.2) is 29.9 Å². The van der Waals surface area contributed by atoms with E-state index in [2.05, 4.69) is 29.9 Å². The molecule has 0 bridgehead atoms. The van der Waals surface area contributed by atoms with E-state index in [-0.39, 0.29) is 17.1 Å². The van der Waals surface area contributed by atoms with Crippen molar-refractivity contribution in [1.82, 2.24) is 29.9 Å². The van der Waals surface area contributed by atoms with E-state index in [1.807, 2.05) is 109 Å². The van der Waals surface area contributed by atoms with Crippen molar-refractivity contribution < 1.29 is 104 Å². The molecule has 0 fully saturated rings. The van der Waals surface area contributed by atoms with Gasteiger partial charge in [-0.1, -0.05) is 36.4 Å². The SMILES string of the molecule is [Fe+3].[O-][Cl+3]([O-])([O-])[O-].[O-][Cl+3]([O-])([O-])[O-].[O-][Cl+3]([O-])([O-])[O-].c1ccc(-c2ccccn2)nc1.c1ccc(-c2ccccn2)nc1.c1ccc(-c2ccccn2)nc1. The Hall–Kier alpha value is -4.19. The first kappa shape index (κ1) is 47.8. The van der Waals surface area contributed by atoms with Crippen LogP contribution in [-0.2, 0) is 17.1 Å². The maximum atomic E-state index is 8.49. The smallest absolute Gasteiger partial charge is 0.255 e. The molecule has 6 aromatic heterocycles. The van der Waals surface area contributed by atoms with Gasteiger partial charge in [-0.3, -0.25) is 29.9 Å². The Morgan fingerprint density at radius 1 is 0.250 bits per heavy atom. The van der Waals surface area contributed by atoms with Crippen molar-refractivity contribution in [2.45, 2.75) is 0 Å². The van der Waals surface area contributed by atoms with Crippen molar-refractivity contribution in [3.05, 3.63) is 146 Å². The normalized spacial score (nSPS) is 10.2. The van der Waals surface area contributed by atoms with Crippen molar-refractivity contribution in [3.8, 4) is 34.2 Å². The predicted octanol–water partition coefficient (Wildman–Crippen LogP) is -7.84. The molecule has 0 saturated carbocycles. The second-order valence-electron chi connectivity index (χ2n) is 8.42. The van der Waals surface area contributed by atoms with Gasteiger partial charge in [-0.15, -0.1) is 30.7 Å². The topological polar surface area (TPSA) is 354 Å². The quantitative estimate of drug-likeness (QED) is 0.150. The van der Waals surface area contributed by atoms with E-state index in [1.165, 1.54) is 0 Å². The number of rotatable bonds is 3. The Morgan fingerprint density at radius 3 is 0.442 bits per heavy atom. The molecule has 275 valence electrons. The molecule has 22 heteroatoms. The molecule has 0 atom stereocenters. The zero-order chi connectivity index (χ0) is 38.2. The summed E-state index contributed by atoms with van der Waals surface area (Å²) in [6.45, 7) is 0. The van der Waals surface area contributed by atoms with Gasteiger partial charge in [0.25, 0.3) is 0 Å². The predicted molar refractivity (Wildman–Crippen MR) is 142 cm³/mol. The van der Waals surface area contributed by atoms with Crippen molar-refractivity contribution in [2.75, 3.05) is 0 Å². The molecule has 0 spiro atoms. The van der Waals surface area contributed by atoms with Gasteiger partial charge in [0.15, 0.2) is 0 Å². The Bertz CT molecular complexity index is 1380. The maximum Gasteiger partial charge on any atom is 3.00 e. The van der Waals surface area contributed by atoms with Crippen LogP contribution in [0, 0.1) is 30.7 Å². The Labute approximate surface area is 313 Å². The van der Waals surface area contributed by atoms with Crippen LogP contribution in [0.15, 0.2) is 146 Å². The molecule has 6 rings (SSSR count). The molecular weight excluding hydrogens is 799 g/mol. The molecule has 0 amide bonds. The van der Waals surface area contributed by atoms with Gasteiger partial charge in [-0.2, -0.15) is 0 Å². The Morgan fingerprint density at radius 2 is 0.365 bits per heavy atom. The molecule has 6 aromatic rings. The molecule has 0 aliphatic carbocycles. The van der Waals surface area contributed by atoms with Gasteiger partial charge in [0.1, 0.15) is 0 Å². The molecule has 0 aliphatic heterocycles. The van der Waals surface area contributed by atoms with Crippen LogP contribution in [0.2, 0.25) is 0 Å². The third-order valence-corrected chi connectivity index (χ3v) is 4.78. The second kappa shape index (κ2) is 25.7. The van der Waals surface area contributed by atoms with Gasteiger partial charge >= 0.3 is 17.1 Å². The van der Waals surface area contributed by atoms with Crippen LogP contribution in [0.4, 0.5) is 0 Å². The van der Waals surface area contributed by atoms with Crippen molar-refractivity contribution in [3.63, 3.8) is 0 Å². The summed E-state index contributed by atoms with van der Waals surface area (Å²) >= 11 is 0. The Balaban J connectivity index is 0.000000627. The number of pyridine rings is 6. The number of nitrogens with zero attached hydrogens (tertiary/aromatic N) is 6. The molecule has 6 heterocycles. The second-order valence-corrected chi connectivity index (χ2v) is 10.7. The monoisotopic (exact) mass is 821 g/mol. The fourth-order valence-electron chi connectivity index (χ4n) is 3.09. The molecule has 18 nitrogen and oxygen atoms in total. The van der Waals surface area contributed by atoms with Crippen molar-refractivity contribution in [2.24, 2.45) is 0 Å². The summed E-state index contributed by atoms with van der Waals surface area (Å²) in [6.07, 6.45) is 10.6. The molecule has 0 aromatic carbocycles. The van der Waals surface area contributed by atoms with E-state index in [4.69, 9.17) is 55.9 Å². The van der Waals surface area contributed by atoms with E-state index in [9.17, 15) is 0 Å². The van der Waals surface area contributed by atoms with Crippen LogP contribution >= 0.6 is 0 Å².